The third-order valence-corrected chi connectivity index (χ3v) is 4.23. The van der Waals surface area contributed by atoms with Crippen molar-refractivity contribution in [2.75, 3.05) is 12.4 Å². The van der Waals surface area contributed by atoms with Crippen LogP contribution in [0.15, 0.2) is 42.5 Å². The second-order valence-corrected chi connectivity index (χ2v) is 6.23. The number of anilines is 1. The fourth-order valence-corrected chi connectivity index (χ4v) is 2.86. The number of aromatic amines is 1. The molecule has 0 radical (unpaired) electrons. The van der Waals surface area contributed by atoms with Gasteiger partial charge in [0.2, 0.25) is 0 Å². The van der Waals surface area contributed by atoms with Crippen LogP contribution in [0.3, 0.4) is 0 Å². The summed E-state index contributed by atoms with van der Waals surface area (Å²) in [5, 5.41) is 21.2. The number of benzene rings is 2. The number of carbonyl (C=O) groups excluding carboxylic acids is 1. The molecule has 0 saturated carbocycles. The Balaban J connectivity index is 1.86. The highest BCUT2D eigenvalue weighted by Crippen LogP contribution is 2.31. The van der Waals surface area contributed by atoms with Crippen LogP contribution in [0.2, 0.25) is 10.0 Å². The summed E-state index contributed by atoms with van der Waals surface area (Å²) in [6.45, 7) is 0. The van der Waals surface area contributed by atoms with Gasteiger partial charge in [-0.15, -0.1) is 0 Å². The van der Waals surface area contributed by atoms with E-state index in [0.29, 0.717) is 27.1 Å². The van der Waals surface area contributed by atoms with Crippen LogP contribution in [-0.4, -0.2) is 28.1 Å². The normalized spacial score (nSPS) is 10.5. The number of nitrogens with zero attached hydrogens (tertiary/aromatic N) is 2. The van der Waals surface area contributed by atoms with Gasteiger partial charge in [0, 0.05) is 10.6 Å². The molecule has 0 aliphatic rings. The van der Waals surface area contributed by atoms with Gasteiger partial charge in [-0.2, -0.15) is 5.10 Å². The number of nitro groups is 1. The Labute approximate surface area is 163 Å². The van der Waals surface area contributed by atoms with Crippen molar-refractivity contribution in [2.45, 2.75) is 0 Å². The molecule has 2 aromatic carbocycles. The highest BCUT2D eigenvalue weighted by molar-refractivity contribution is 6.36. The lowest BCUT2D eigenvalue weighted by molar-refractivity contribution is -0.384. The molecule has 3 aromatic rings. The highest BCUT2D eigenvalue weighted by Gasteiger charge is 2.19. The van der Waals surface area contributed by atoms with E-state index < -0.39 is 10.8 Å². The first kappa shape index (κ1) is 18.7. The number of halogens is 2. The van der Waals surface area contributed by atoms with Crippen LogP contribution in [0.4, 0.5) is 11.4 Å². The predicted octanol–water partition coefficient (Wildman–Crippen LogP) is 4.55. The zero-order valence-electron chi connectivity index (χ0n) is 13.8. The van der Waals surface area contributed by atoms with E-state index in [2.05, 4.69) is 15.5 Å². The van der Waals surface area contributed by atoms with Gasteiger partial charge in [-0.25, -0.2) is 0 Å². The molecule has 0 aliphatic carbocycles. The average molecular weight is 407 g/mol. The van der Waals surface area contributed by atoms with Crippen LogP contribution in [-0.2, 0) is 0 Å². The van der Waals surface area contributed by atoms with E-state index >= 15 is 0 Å². The van der Waals surface area contributed by atoms with Crippen molar-refractivity contribution in [3.63, 3.8) is 0 Å². The molecule has 3 rings (SSSR count). The Hall–Kier alpha value is -3.10. The monoisotopic (exact) mass is 406 g/mol. The summed E-state index contributed by atoms with van der Waals surface area (Å²) >= 11 is 12.0. The number of ether oxygens (including phenoxy) is 1. The molecule has 0 atom stereocenters. The van der Waals surface area contributed by atoms with Crippen molar-refractivity contribution >= 4 is 40.5 Å². The van der Waals surface area contributed by atoms with Crippen LogP contribution in [0, 0.1) is 10.1 Å². The fraction of sp³-hybridized carbons (Fsp3) is 0.0588. The molecule has 8 nitrogen and oxygen atoms in total. The fourth-order valence-electron chi connectivity index (χ4n) is 2.36. The minimum atomic E-state index is -0.607. The first-order valence-electron chi connectivity index (χ1n) is 7.53. The maximum atomic E-state index is 12.4. The van der Waals surface area contributed by atoms with Gasteiger partial charge in [-0.3, -0.25) is 20.0 Å². The zero-order chi connectivity index (χ0) is 19.6. The lowest BCUT2D eigenvalue weighted by atomic mass is 10.1. The first-order chi connectivity index (χ1) is 12.9. The van der Waals surface area contributed by atoms with Gasteiger partial charge >= 0.3 is 0 Å². The molecular weight excluding hydrogens is 395 g/mol. The second kappa shape index (κ2) is 7.65. The number of aromatic nitrogens is 2. The van der Waals surface area contributed by atoms with Crippen molar-refractivity contribution in [1.29, 1.82) is 0 Å². The van der Waals surface area contributed by atoms with Crippen molar-refractivity contribution in [3.05, 3.63) is 68.3 Å². The molecule has 1 heterocycles. The number of hydrogen-bond donors (Lipinski definition) is 2. The number of rotatable bonds is 5. The summed E-state index contributed by atoms with van der Waals surface area (Å²) in [6.07, 6.45) is 0. The summed E-state index contributed by atoms with van der Waals surface area (Å²) in [6, 6.07) is 10.5. The predicted molar refractivity (Wildman–Crippen MR) is 102 cm³/mol. The minimum Gasteiger partial charge on any atom is -0.496 e. The quantitative estimate of drug-likeness (QED) is 0.476. The summed E-state index contributed by atoms with van der Waals surface area (Å²) in [5.74, 6) is -0.284. The van der Waals surface area contributed by atoms with Gasteiger partial charge < -0.3 is 10.1 Å². The number of methoxy groups -OCH3 is 1. The number of nitrogens with one attached hydrogen (secondary N) is 2. The molecule has 2 N–H and O–H groups in total. The van der Waals surface area contributed by atoms with E-state index in [0.717, 1.165) is 0 Å². The van der Waals surface area contributed by atoms with Gasteiger partial charge in [-0.05, 0) is 36.4 Å². The van der Waals surface area contributed by atoms with Crippen LogP contribution in [0.5, 0.6) is 5.75 Å². The zero-order valence-corrected chi connectivity index (χ0v) is 15.3. The van der Waals surface area contributed by atoms with E-state index in [4.69, 9.17) is 27.9 Å². The number of hydrogen-bond acceptors (Lipinski definition) is 5. The molecule has 0 spiro atoms. The molecule has 0 bridgehead atoms. The van der Waals surface area contributed by atoms with E-state index in [1.165, 1.54) is 31.4 Å². The number of carbonyl (C=O) groups is 1. The molecule has 0 aliphatic heterocycles. The van der Waals surface area contributed by atoms with Gasteiger partial charge in [0.1, 0.15) is 17.1 Å². The van der Waals surface area contributed by atoms with Crippen molar-refractivity contribution in [1.82, 2.24) is 10.2 Å². The molecular formula is C17H12Cl2N4O4. The molecule has 0 unspecified atom stereocenters. The summed E-state index contributed by atoms with van der Waals surface area (Å²) < 4.78 is 4.97. The van der Waals surface area contributed by atoms with Crippen LogP contribution < -0.4 is 10.1 Å². The lowest BCUT2D eigenvalue weighted by Crippen LogP contribution is -2.13. The molecule has 27 heavy (non-hydrogen) atoms. The number of amides is 1. The van der Waals surface area contributed by atoms with Gasteiger partial charge in [-0.1, -0.05) is 23.2 Å². The average Bonchev–Trinajstić information content (AvgIpc) is 3.11. The van der Waals surface area contributed by atoms with E-state index in [1.807, 2.05) is 0 Å². The van der Waals surface area contributed by atoms with E-state index in [9.17, 15) is 14.9 Å². The van der Waals surface area contributed by atoms with Gasteiger partial charge in [0.25, 0.3) is 11.6 Å². The summed E-state index contributed by atoms with van der Waals surface area (Å²) in [4.78, 5) is 23.0. The third-order valence-electron chi connectivity index (χ3n) is 3.68. The highest BCUT2D eigenvalue weighted by atomic mass is 35.5. The topological polar surface area (TPSA) is 110 Å². The first-order valence-corrected chi connectivity index (χ1v) is 8.29. The van der Waals surface area contributed by atoms with E-state index in [-0.39, 0.29) is 17.1 Å². The summed E-state index contributed by atoms with van der Waals surface area (Å²) in [7, 11) is 1.39. The minimum absolute atomic E-state index is 0.0338. The Morgan fingerprint density at radius 2 is 2.00 bits per heavy atom. The number of H-pyrrole nitrogens is 1. The maximum absolute atomic E-state index is 12.4. The standard InChI is InChI=1S/C17H12Cl2N4O4/c1-27-10-3-5-13(16(7-10)23(25)26)20-17(24)15-8-14(21-22-15)11-4-2-9(18)6-12(11)19/h2-8H,1H3,(H,20,24)(H,21,22). The molecule has 138 valence electrons. The Kier molecular flexibility index (Phi) is 5.29. The Morgan fingerprint density at radius 1 is 1.22 bits per heavy atom. The molecule has 0 fully saturated rings. The van der Waals surface area contributed by atoms with Crippen molar-refractivity contribution in [3.8, 4) is 17.0 Å². The van der Waals surface area contributed by atoms with E-state index in [1.54, 1.807) is 18.2 Å². The van der Waals surface area contributed by atoms with Crippen molar-refractivity contribution in [2.24, 2.45) is 0 Å². The van der Waals surface area contributed by atoms with Gasteiger partial charge in [0.15, 0.2) is 0 Å². The Morgan fingerprint density at radius 3 is 2.67 bits per heavy atom. The number of nitro benzene ring substituents is 1. The van der Waals surface area contributed by atoms with Crippen LogP contribution in [0.25, 0.3) is 11.3 Å². The molecule has 10 heteroatoms. The lowest BCUT2D eigenvalue weighted by Gasteiger charge is -2.06. The smallest absolute Gasteiger partial charge is 0.296 e. The van der Waals surface area contributed by atoms with Crippen molar-refractivity contribution < 1.29 is 14.5 Å². The summed E-state index contributed by atoms with van der Waals surface area (Å²) in [5.41, 5.74) is 0.883. The van der Waals surface area contributed by atoms with Crippen LogP contribution in [0.1, 0.15) is 10.5 Å². The van der Waals surface area contributed by atoms with Crippen LogP contribution >= 0.6 is 23.2 Å². The third kappa shape index (κ3) is 4.02. The maximum Gasteiger partial charge on any atom is 0.296 e. The van der Waals surface area contributed by atoms with Gasteiger partial charge in [0.05, 0.1) is 28.8 Å². The molecule has 1 amide bonds. The molecule has 1 aromatic heterocycles. The second-order valence-electron chi connectivity index (χ2n) is 5.39. The molecule has 0 saturated heterocycles. The largest absolute Gasteiger partial charge is 0.496 e. The Bertz CT molecular complexity index is 1040. The SMILES string of the molecule is COc1ccc(NC(=O)c2cc(-c3ccc(Cl)cc3Cl)n[nH]2)c([N+](=O)[O-])c1.